The number of aromatic hydroxyl groups is 1. The number of carbonyl (C=O) groups is 1. The van der Waals surface area contributed by atoms with Crippen LogP contribution in [-0.4, -0.2) is 16.2 Å². The highest BCUT2D eigenvalue weighted by Gasteiger charge is 2.34. The lowest BCUT2D eigenvalue weighted by atomic mass is 9.71. The largest absolute Gasteiger partial charge is 0.506 e. The molecule has 3 rings (SSSR count). The highest BCUT2D eigenvalue weighted by Crippen LogP contribution is 2.38. The fourth-order valence-corrected chi connectivity index (χ4v) is 3.25. The Hall–Kier alpha value is -2.30. The second-order valence-electron chi connectivity index (χ2n) is 7.71. The molecule has 1 aromatic carbocycles. The summed E-state index contributed by atoms with van der Waals surface area (Å²) in [5.41, 5.74) is 2.76. The van der Waals surface area contributed by atoms with Crippen LogP contribution in [0.4, 0.5) is 5.69 Å². The number of fused-ring (bicyclic) bond motifs is 1. The minimum absolute atomic E-state index is 0.0406. The Kier molecular flexibility index (Phi) is 4.11. The summed E-state index contributed by atoms with van der Waals surface area (Å²) in [4.78, 5) is 12.6. The Morgan fingerprint density at radius 3 is 2.83 bits per heavy atom. The summed E-state index contributed by atoms with van der Waals surface area (Å²) >= 11 is 0. The molecule has 5 heteroatoms. The number of rotatable bonds is 2. The Morgan fingerprint density at radius 2 is 2.12 bits per heavy atom. The summed E-state index contributed by atoms with van der Waals surface area (Å²) in [7, 11) is 0. The monoisotopic (exact) mass is 328 g/mol. The topological polar surface area (TPSA) is 75.4 Å². The van der Waals surface area contributed by atoms with Gasteiger partial charge in [0.25, 0.3) is 5.91 Å². The van der Waals surface area contributed by atoms with Crippen LogP contribution in [0.15, 0.2) is 22.7 Å². The standard InChI is InChI=1S/C19H24N2O3/c1-11-5-7-15(22)14(9-11)20-18(23)17-13-10-12(19(2,3)4)6-8-16(13)24-21-17/h5,7,9,12,22H,6,8,10H2,1-4H3,(H,20,23)/t12-/m0/s1. The first kappa shape index (κ1) is 16.6. The van der Waals surface area contributed by atoms with E-state index in [2.05, 4.69) is 31.2 Å². The molecule has 0 saturated carbocycles. The van der Waals surface area contributed by atoms with Gasteiger partial charge in [-0.3, -0.25) is 4.79 Å². The van der Waals surface area contributed by atoms with Crippen LogP contribution in [0.5, 0.6) is 5.75 Å². The zero-order valence-electron chi connectivity index (χ0n) is 14.6. The molecule has 1 amide bonds. The van der Waals surface area contributed by atoms with Crippen molar-refractivity contribution in [3.8, 4) is 5.75 Å². The Balaban J connectivity index is 1.85. The van der Waals surface area contributed by atoms with Crippen LogP contribution in [0.2, 0.25) is 0 Å². The average Bonchev–Trinajstić information content (AvgIpc) is 2.93. The number of benzene rings is 1. The molecule has 0 saturated heterocycles. The fourth-order valence-electron chi connectivity index (χ4n) is 3.25. The molecule has 24 heavy (non-hydrogen) atoms. The number of nitrogens with one attached hydrogen (secondary N) is 1. The van der Waals surface area contributed by atoms with E-state index in [1.54, 1.807) is 18.2 Å². The van der Waals surface area contributed by atoms with Gasteiger partial charge in [-0.05, 0) is 48.8 Å². The van der Waals surface area contributed by atoms with E-state index in [-0.39, 0.29) is 17.1 Å². The molecule has 1 aromatic heterocycles. The molecule has 0 bridgehead atoms. The minimum atomic E-state index is -0.338. The van der Waals surface area contributed by atoms with E-state index >= 15 is 0 Å². The first-order valence-corrected chi connectivity index (χ1v) is 8.34. The molecular formula is C19H24N2O3. The van der Waals surface area contributed by atoms with Crippen molar-refractivity contribution in [2.45, 2.75) is 47.0 Å². The number of hydrogen-bond acceptors (Lipinski definition) is 4. The van der Waals surface area contributed by atoms with Crippen molar-refractivity contribution < 1.29 is 14.4 Å². The maximum absolute atomic E-state index is 12.6. The van der Waals surface area contributed by atoms with Crippen LogP contribution in [0.25, 0.3) is 0 Å². The number of aromatic nitrogens is 1. The summed E-state index contributed by atoms with van der Waals surface area (Å²) in [6, 6.07) is 5.09. The third-order valence-corrected chi connectivity index (χ3v) is 4.88. The number of aryl methyl sites for hydroxylation is 2. The van der Waals surface area contributed by atoms with Crippen molar-refractivity contribution in [3.63, 3.8) is 0 Å². The summed E-state index contributed by atoms with van der Waals surface area (Å²) < 4.78 is 5.39. The fraction of sp³-hybridized carbons (Fsp3) is 0.474. The molecule has 0 spiro atoms. The predicted octanol–water partition coefficient (Wildman–Crippen LogP) is 4.09. The molecular weight excluding hydrogens is 304 g/mol. The van der Waals surface area contributed by atoms with Crippen LogP contribution in [0.3, 0.4) is 0 Å². The van der Waals surface area contributed by atoms with Crippen molar-refractivity contribution in [1.82, 2.24) is 5.16 Å². The first-order chi connectivity index (χ1) is 11.3. The lowest BCUT2D eigenvalue weighted by Gasteiger charge is -2.33. The van der Waals surface area contributed by atoms with Gasteiger partial charge >= 0.3 is 0 Å². The van der Waals surface area contributed by atoms with E-state index in [1.807, 2.05) is 6.92 Å². The molecule has 1 heterocycles. The molecule has 0 unspecified atom stereocenters. The average molecular weight is 328 g/mol. The van der Waals surface area contributed by atoms with Gasteiger partial charge in [-0.1, -0.05) is 32.0 Å². The van der Waals surface area contributed by atoms with Gasteiger partial charge in [0.2, 0.25) is 0 Å². The van der Waals surface area contributed by atoms with Crippen molar-refractivity contribution in [2.24, 2.45) is 11.3 Å². The summed E-state index contributed by atoms with van der Waals surface area (Å²) in [5.74, 6) is 1.01. The summed E-state index contributed by atoms with van der Waals surface area (Å²) in [6.45, 7) is 8.57. The Labute approximate surface area is 142 Å². The molecule has 2 N–H and O–H groups in total. The van der Waals surface area contributed by atoms with Gasteiger partial charge in [0, 0.05) is 12.0 Å². The number of phenols is 1. The molecule has 1 aliphatic carbocycles. The Bertz CT molecular complexity index is 771. The lowest BCUT2D eigenvalue weighted by Crippen LogP contribution is -2.27. The van der Waals surface area contributed by atoms with Crippen molar-refractivity contribution in [2.75, 3.05) is 5.32 Å². The number of hydrogen-bond donors (Lipinski definition) is 2. The van der Waals surface area contributed by atoms with Gasteiger partial charge in [-0.2, -0.15) is 0 Å². The SMILES string of the molecule is Cc1ccc(O)c(NC(=O)c2noc3c2C[C@@H](C(C)(C)C)CC3)c1. The van der Waals surface area contributed by atoms with E-state index in [0.29, 0.717) is 17.3 Å². The maximum atomic E-state index is 12.6. The van der Waals surface area contributed by atoms with Gasteiger partial charge in [-0.25, -0.2) is 0 Å². The van der Waals surface area contributed by atoms with Crippen LogP contribution in [0, 0.1) is 18.3 Å². The number of anilines is 1. The van der Waals surface area contributed by atoms with Crippen LogP contribution in [-0.2, 0) is 12.8 Å². The third-order valence-electron chi connectivity index (χ3n) is 4.88. The van der Waals surface area contributed by atoms with Gasteiger partial charge in [0.05, 0.1) is 5.69 Å². The van der Waals surface area contributed by atoms with Crippen LogP contribution >= 0.6 is 0 Å². The highest BCUT2D eigenvalue weighted by molar-refractivity contribution is 6.04. The van der Waals surface area contributed by atoms with Crippen LogP contribution in [0.1, 0.15) is 54.6 Å². The molecule has 128 valence electrons. The van der Waals surface area contributed by atoms with Gasteiger partial charge in [-0.15, -0.1) is 0 Å². The molecule has 5 nitrogen and oxygen atoms in total. The highest BCUT2D eigenvalue weighted by atomic mass is 16.5. The third kappa shape index (κ3) is 3.16. The normalized spacial score (nSPS) is 17.4. The second-order valence-corrected chi connectivity index (χ2v) is 7.71. The zero-order valence-corrected chi connectivity index (χ0v) is 14.6. The molecule has 0 radical (unpaired) electrons. The molecule has 1 atom stereocenters. The van der Waals surface area contributed by atoms with Gasteiger partial charge in [0.15, 0.2) is 5.69 Å². The maximum Gasteiger partial charge on any atom is 0.278 e. The number of carbonyl (C=O) groups excluding carboxylic acids is 1. The van der Waals surface area contributed by atoms with E-state index in [4.69, 9.17) is 4.52 Å². The minimum Gasteiger partial charge on any atom is -0.506 e. The van der Waals surface area contributed by atoms with Gasteiger partial charge < -0.3 is 14.9 Å². The van der Waals surface area contributed by atoms with Crippen molar-refractivity contribution >= 4 is 11.6 Å². The Morgan fingerprint density at radius 1 is 1.38 bits per heavy atom. The molecule has 0 fully saturated rings. The molecule has 1 aliphatic rings. The number of amides is 1. The zero-order chi connectivity index (χ0) is 17.5. The van der Waals surface area contributed by atoms with E-state index < -0.39 is 0 Å². The summed E-state index contributed by atoms with van der Waals surface area (Å²) in [6.07, 6.45) is 2.66. The molecule has 0 aliphatic heterocycles. The smallest absolute Gasteiger partial charge is 0.278 e. The van der Waals surface area contributed by atoms with Crippen molar-refractivity contribution in [3.05, 3.63) is 40.8 Å². The number of phenolic OH excluding ortho intramolecular Hbond substituents is 1. The predicted molar refractivity (Wildman–Crippen MR) is 92.3 cm³/mol. The quantitative estimate of drug-likeness (QED) is 0.814. The number of nitrogens with zero attached hydrogens (tertiary/aromatic N) is 1. The summed E-state index contributed by atoms with van der Waals surface area (Å²) in [5, 5.41) is 16.6. The van der Waals surface area contributed by atoms with Gasteiger partial charge in [0.1, 0.15) is 11.5 Å². The van der Waals surface area contributed by atoms with E-state index in [0.717, 1.165) is 36.1 Å². The lowest BCUT2D eigenvalue weighted by molar-refractivity contribution is 0.101. The van der Waals surface area contributed by atoms with Crippen LogP contribution < -0.4 is 5.32 Å². The van der Waals surface area contributed by atoms with Crippen molar-refractivity contribution in [1.29, 1.82) is 0 Å². The molecule has 2 aromatic rings. The first-order valence-electron chi connectivity index (χ1n) is 8.34. The van der Waals surface area contributed by atoms with E-state index in [1.165, 1.54) is 0 Å². The second kappa shape index (κ2) is 5.96. The van der Waals surface area contributed by atoms with E-state index in [9.17, 15) is 9.90 Å².